The standard InChI is InChI=1S/C10H11N3S/c1-13-8-5-3-2-4-7(8)12-10(13)6-9(11)14/h2-5H,6H2,1H3,(H2,11,14). The second-order valence-corrected chi connectivity index (χ2v) is 3.74. The van der Waals surface area contributed by atoms with Crippen molar-refractivity contribution in [3.63, 3.8) is 0 Å². The van der Waals surface area contributed by atoms with Gasteiger partial charge in [0.15, 0.2) is 0 Å². The van der Waals surface area contributed by atoms with Gasteiger partial charge in [-0.2, -0.15) is 0 Å². The lowest BCUT2D eigenvalue weighted by Crippen LogP contribution is -2.14. The minimum atomic E-state index is 0.475. The Morgan fingerprint density at radius 1 is 1.50 bits per heavy atom. The van der Waals surface area contributed by atoms with Crippen LogP contribution in [0.2, 0.25) is 0 Å². The van der Waals surface area contributed by atoms with Crippen molar-refractivity contribution < 1.29 is 0 Å². The Kier molecular flexibility index (Phi) is 2.21. The van der Waals surface area contributed by atoms with Gasteiger partial charge in [-0.05, 0) is 12.1 Å². The van der Waals surface area contributed by atoms with E-state index in [9.17, 15) is 0 Å². The Bertz CT molecular complexity index is 487. The number of aryl methyl sites for hydroxylation is 1. The number of nitrogens with two attached hydrogens (primary N) is 1. The van der Waals surface area contributed by atoms with Crippen LogP contribution in [-0.4, -0.2) is 14.5 Å². The predicted molar refractivity (Wildman–Crippen MR) is 61.2 cm³/mol. The number of benzene rings is 1. The zero-order valence-corrected chi connectivity index (χ0v) is 8.71. The van der Waals surface area contributed by atoms with Crippen molar-refractivity contribution in [2.45, 2.75) is 6.42 Å². The molecule has 0 atom stereocenters. The Morgan fingerprint density at radius 3 is 2.86 bits per heavy atom. The molecule has 4 heteroatoms. The van der Waals surface area contributed by atoms with E-state index >= 15 is 0 Å². The molecule has 0 saturated carbocycles. The molecule has 2 rings (SSSR count). The van der Waals surface area contributed by atoms with Crippen molar-refractivity contribution in [2.75, 3.05) is 0 Å². The van der Waals surface area contributed by atoms with Crippen molar-refractivity contribution in [1.29, 1.82) is 0 Å². The van der Waals surface area contributed by atoms with E-state index in [0.29, 0.717) is 11.4 Å². The van der Waals surface area contributed by atoms with Crippen LogP contribution in [0.15, 0.2) is 24.3 Å². The quantitative estimate of drug-likeness (QED) is 0.754. The lowest BCUT2D eigenvalue weighted by atomic mass is 10.3. The van der Waals surface area contributed by atoms with Gasteiger partial charge in [0.2, 0.25) is 0 Å². The highest BCUT2D eigenvalue weighted by atomic mass is 32.1. The average molecular weight is 205 g/mol. The molecule has 0 amide bonds. The molecule has 0 fully saturated rings. The van der Waals surface area contributed by atoms with Crippen LogP contribution in [0, 0.1) is 0 Å². The average Bonchev–Trinajstić information content (AvgIpc) is 2.44. The summed E-state index contributed by atoms with van der Waals surface area (Å²) in [7, 11) is 1.98. The molecule has 0 aliphatic carbocycles. The zero-order chi connectivity index (χ0) is 10.1. The zero-order valence-electron chi connectivity index (χ0n) is 7.90. The molecule has 1 aromatic carbocycles. The summed E-state index contributed by atoms with van der Waals surface area (Å²) < 4.78 is 2.02. The topological polar surface area (TPSA) is 43.8 Å². The van der Waals surface area contributed by atoms with Crippen LogP contribution in [0.5, 0.6) is 0 Å². The van der Waals surface area contributed by atoms with Gasteiger partial charge in [0.1, 0.15) is 5.82 Å². The van der Waals surface area contributed by atoms with Crippen LogP contribution in [0.4, 0.5) is 0 Å². The summed E-state index contributed by atoms with van der Waals surface area (Å²) in [5, 5.41) is 0. The smallest absolute Gasteiger partial charge is 0.116 e. The van der Waals surface area contributed by atoms with Crippen molar-refractivity contribution >= 4 is 28.2 Å². The van der Waals surface area contributed by atoms with Crippen LogP contribution < -0.4 is 5.73 Å². The Balaban J connectivity index is 2.57. The molecule has 0 aliphatic heterocycles. The normalized spacial score (nSPS) is 10.6. The summed E-state index contributed by atoms with van der Waals surface area (Å²) in [5.74, 6) is 0.915. The van der Waals surface area contributed by atoms with Crippen molar-refractivity contribution in [3.8, 4) is 0 Å². The van der Waals surface area contributed by atoms with Gasteiger partial charge in [-0.1, -0.05) is 24.4 Å². The lowest BCUT2D eigenvalue weighted by molar-refractivity contribution is 0.865. The van der Waals surface area contributed by atoms with E-state index in [1.807, 2.05) is 35.9 Å². The van der Waals surface area contributed by atoms with Crippen LogP contribution in [0.1, 0.15) is 5.82 Å². The molecule has 1 heterocycles. The van der Waals surface area contributed by atoms with Gasteiger partial charge in [0.25, 0.3) is 0 Å². The first-order chi connectivity index (χ1) is 6.68. The van der Waals surface area contributed by atoms with Gasteiger partial charge < -0.3 is 10.3 Å². The number of hydrogen-bond acceptors (Lipinski definition) is 2. The molecular formula is C10H11N3S. The predicted octanol–water partition coefficient (Wildman–Crippen LogP) is 1.40. The number of nitrogens with zero attached hydrogens (tertiary/aromatic N) is 2. The molecule has 1 aromatic heterocycles. The molecule has 0 unspecified atom stereocenters. The molecule has 3 nitrogen and oxygen atoms in total. The van der Waals surface area contributed by atoms with Gasteiger partial charge >= 0.3 is 0 Å². The molecule has 0 aliphatic rings. The summed E-state index contributed by atoms with van der Waals surface area (Å²) in [6.45, 7) is 0. The van der Waals surface area contributed by atoms with Crippen molar-refractivity contribution in [2.24, 2.45) is 12.8 Å². The Morgan fingerprint density at radius 2 is 2.21 bits per heavy atom. The van der Waals surface area contributed by atoms with Crippen LogP contribution in [0.25, 0.3) is 11.0 Å². The van der Waals surface area contributed by atoms with Gasteiger partial charge in [0, 0.05) is 7.05 Å². The van der Waals surface area contributed by atoms with E-state index < -0.39 is 0 Å². The first-order valence-electron chi connectivity index (χ1n) is 4.37. The number of imidazole rings is 1. The third-order valence-corrected chi connectivity index (χ3v) is 2.36. The maximum Gasteiger partial charge on any atom is 0.116 e. The summed E-state index contributed by atoms with van der Waals surface area (Å²) in [5.41, 5.74) is 7.59. The fourth-order valence-electron chi connectivity index (χ4n) is 1.51. The van der Waals surface area contributed by atoms with E-state index in [-0.39, 0.29) is 0 Å². The highest BCUT2D eigenvalue weighted by Gasteiger charge is 2.06. The second kappa shape index (κ2) is 3.38. The van der Waals surface area contributed by atoms with E-state index in [0.717, 1.165) is 16.9 Å². The van der Waals surface area contributed by atoms with Crippen LogP contribution >= 0.6 is 12.2 Å². The van der Waals surface area contributed by atoms with Crippen LogP contribution in [0.3, 0.4) is 0 Å². The Hall–Kier alpha value is -1.42. The van der Waals surface area contributed by atoms with E-state index in [2.05, 4.69) is 4.98 Å². The van der Waals surface area contributed by atoms with Crippen molar-refractivity contribution in [1.82, 2.24) is 9.55 Å². The van der Waals surface area contributed by atoms with E-state index in [1.165, 1.54) is 0 Å². The maximum atomic E-state index is 5.49. The van der Waals surface area contributed by atoms with Crippen molar-refractivity contribution in [3.05, 3.63) is 30.1 Å². The third-order valence-electron chi connectivity index (χ3n) is 2.21. The molecule has 0 spiro atoms. The minimum Gasteiger partial charge on any atom is -0.393 e. The summed E-state index contributed by atoms with van der Waals surface area (Å²) in [6.07, 6.45) is 0.556. The van der Waals surface area contributed by atoms with Gasteiger partial charge in [-0.25, -0.2) is 4.98 Å². The number of fused-ring (bicyclic) bond motifs is 1. The highest BCUT2D eigenvalue weighted by molar-refractivity contribution is 7.80. The number of thiocarbonyl (C=S) groups is 1. The van der Waals surface area contributed by atoms with E-state index in [1.54, 1.807) is 0 Å². The molecular weight excluding hydrogens is 194 g/mol. The van der Waals surface area contributed by atoms with Gasteiger partial charge in [0.05, 0.1) is 22.4 Å². The summed E-state index contributed by atoms with van der Waals surface area (Å²) in [4.78, 5) is 4.92. The van der Waals surface area contributed by atoms with Crippen LogP contribution in [-0.2, 0) is 13.5 Å². The van der Waals surface area contributed by atoms with E-state index in [4.69, 9.17) is 18.0 Å². The summed E-state index contributed by atoms with van der Waals surface area (Å²) in [6, 6.07) is 7.98. The molecule has 0 bridgehead atoms. The molecule has 0 saturated heterocycles. The first kappa shape index (κ1) is 9.15. The largest absolute Gasteiger partial charge is 0.393 e. The SMILES string of the molecule is Cn1c(CC(N)=S)nc2ccccc21. The fourth-order valence-corrected chi connectivity index (χ4v) is 1.64. The minimum absolute atomic E-state index is 0.475. The highest BCUT2D eigenvalue weighted by Crippen LogP contribution is 2.14. The molecule has 2 N–H and O–H groups in total. The lowest BCUT2D eigenvalue weighted by Gasteiger charge is -1.99. The number of aromatic nitrogens is 2. The second-order valence-electron chi connectivity index (χ2n) is 3.22. The van der Waals surface area contributed by atoms with Gasteiger partial charge in [-0.15, -0.1) is 0 Å². The number of hydrogen-bond donors (Lipinski definition) is 1. The first-order valence-corrected chi connectivity index (χ1v) is 4.78. The fraction of sp³-hybridized carbons (Fsp3) is 0.200. The monoisotopic (exact) mass is 205 g/mol. The molecule has 2 aromatic rings. The molecule has 0 radical (unpaired) electrons. The Labute approximate surface area is 87.5 Å². The number of para-hydroxylation sites is 2. The number of rotatable bonds is 2. The molecule has 72 valence electrons. The maximum absolute atomic E-state index is 5.49. The van der Waals surface area contributed by atoms with Gasteiger partial charge in [-0.3, -0.25) is 0 Å². The summed E-state index contributed by atoms with van der Waals surface area (Å²) >= 11 is 4.87. The third kappa shape index (κ3) is 1.48. The molecule has 14 heavy (non-hydrogen) atoms.